The molecule has 4 nitrogen and oxygen atoms in total. The monoisotopic (exact) mass is 385 g/mol. The molecule has 0 saturated heterocycles. The number of aromatic nitrogens is 2. The van der Waals surface area contributed by atoms with E-state index in [0.717, 1.165) is 36.4 Å². The van der Waals surface area contributed by atoms with Crippen LogP contribution in [0, 0.1) is 0 Å². The Bertz CT molecular complexity index is 775. The lowest BCUT2D eigenvalue weighted by Gasteiger charge is -2.33. The van der Waals surface area contributed by atoms with Gasteiger partial charge in [-0.2, -0.15) is 18.3 Å². The van der Waals surface area contributed by atoms with Crippen molar-refractivity contribution in [3.05, 3.63) is 28.8 Å². The van der Waals surface area contributed by atoms with E-state index in [-0.39, 0.29) is 17.6 Å². The van der Waals surface area contributed by atoms with Crippen molar-refractivity contribution >= 4 is 17.2 Å². The number of hydrogen-bond donors (Lipinski definition) is 0. The first-order valence-corrected chi connectivity index (χ1v) is 9.65. The predicted molar refractivity (Wildman–Crippen MR) is 95.1 cm³/mol. The molecule has 142 valence electrons. The Morgan fingerprint density at radius 3 is 2.58 bits per heavy atom. The minimum Gasteiger partial charge on any atom is -0.335 e. The van der Waals surface area contributed by atoms with E-state index in [1.165, 1.54) is 24.8 Å². The Morgan fingerprint density at radius 1 is 1.31 bits per heavy atom. The molecule has 1 fully saturated rings. The van der Waals surface area contributed by atoms with Crippen LogP contribution in [-0.2, 0) is 13.2 Å². The van der Waals surface area contributed by atoms with Crippen molar-refractivity contribution in [3.63, 3.8) is 0 Å². The van der Waals surface area contributed by atoms with Gasteiger partial charge >= 0.3 is 6.18 Å². The van der Waals surface area contributed by atoms with E-state index >= 15 is 0 Å². The molecule has 0 bridgehead atoms. The van der Waals surface area contributed by atoms with Crippen LogP contribution in [0.3, 0.4) is 0 Å². The van der Waals surface area contributed by atoms with Crippen LogP contribution in [0.15, 0.2) is 18.2 Å². The van der Waals surface area contributed by atoms with Gasteiger partial charge in [0.05, 0.1) is 9.75 Å². The molecule has 2 aromatic rings. The molecular formula is C18H22F3N3OS. The van der Waals surface area contributed by atoms with Gasteiger partial charge < -0.3 is 4.90 Å². The van der Waals surface area contributed by atoms with Crippen LogP contribution in [0.5, 0.6) is 0 Å². The van der Waals surface area contributed by atoms with E-state index in [1.807, 2.05) is 11.8 Å². The molecule has 2 heterocycles. The van der Waals surface area contributed by atoms with Gasteiger partial charge in [-0.3, -0.25) is 9.48 Å². The van der Waals surface area contributed by atoms with E-state index in [1.54, 1.807) is 12.1 Å². The lowest BCUT2D eigenvalue weighted by molar-refractivity contribution is -0.143. The maximum Gasteiger partial charge on any atom is 0.433 e. The molecule has 0 radical (unpaired) electrons. The second-order valence-corrected chi connectivity index (χ2v) is 7.67. The zero-order valence-electron chi connectivity index (χ0n) is 14.8. The molecular weight excluding hydrogens is 363 g/mol. The molecule has 0 unspecified atom stereocenters. The predicted octanol–water partition coefficient (Wildman–Crippen LogP) is 4.96. The van der Waals surface area contributed by atoms with Crippen LogP contribution in [0.4, 0.5) is 13.2 Å². The fraction of sp³-hybridized carbons (Fsp3) is 0.556. The molecule has 1 aliphatic rings. The Kier molecular flexibility index (Phi) is 5.41. The van der Waals surface area contributed by atoms with E-state index in [4.69, 9.17) is 0 Å². The topological polar surface area (TPSA) is 38.1 Å². The third-order valence-electron chi connectivity index (χ3n) is 4.86. The minimum atomic E-state index is -4.45. The zero-order chi connectivity index (χ0) is 18.9. The molecule has 0 aromatic carbocycles. The number of amides is 1. The Hall–Kier alpha value is -1.83. The average molecular weight is 385 g/mol. The van der Waals surface area contributed by atoms with E-state index in [2.05, 4.69) is 5.10 Å². The van der Waals surface area contributed by atoms with Crippen LogP contribution in [0.1, 0.15) is 54.4 Å². The highest BCUT2D eigenvalue weighted by atomic mass is 32.1. The highest BCUT2D eigenvalue weighted by Crippen LogP contribution is 2.35. The number of rotatable bonds is 4. The van der Waals surface area contributed by atoms with Crippen molar-refractivity contribution in [2.75, 3.05) is 6.54 Å². The quantitative estimate of drug-likeness (QED) is 0.746. The van der Waals surface area contributed by atoms with Crippen molar-refractivity contribution < 1.29 is 18.0 Å². The van der Waals surface area contributed by atoms with Crippen molar-refractivity contribution in [2.24, 2.45) is 7.05 Å². The summed E-state index contributed by atoms with van der Waals surface area (Å²) in [4.78, 5) is 15.9. The Labute approximate surface area is 154 Å². The van der Waals surface area contributed by atoms with Gasteiger partial charge in [0.25, 0.3) is 5.91 Å². The van der Waals surface area contributed by atoms with Gasteiger partial charge in [-0.1, -0.05) is 19.3 Å². The molecule has 2 aromatic heterocycles. The molecule has 1 saturated carbocycles. The van der Waals surface area contributed by atoms with Crippen LogP contribution in [0.2, 0.25) is 0 Å². The number of thiophene rings is 1. The summed E-state index contributed by atoms with van der Waals surface area (Å²) < 4.78 is 39.7. The second kappa shape index (κ2) is 7.42. The van der Waals surface area contributed by atoms with Crippen LogP contribution in [-0.4, -0.2) is 33.2 Å². The number of carbonyl (C=O) groups is 1. The number of alkyl halides is 3. The van der Waals surface area contributed by atoms with Crippen molar-refractivity contribution in [1.82, 2.24) is 14.7 Å². The molecule has 26 heavy (non-hydrogen) atoms. The maximum atomic E-state index is 13.0. The van der Waals surface area contributed by atoms with Crippen molar-refractivity contribution in [1.29, 1.82) is 0 Å². The third kappa shape index (κ3) is 3.79. The first-order valence-electron chi connectivity index (χ1n) is 8.83. The fourth-order valence-corrected chi connectivity index (χ4v) is 4.46. The second-order valence-electron chi connectivity index (χ2n) is 6.58. The van der Waals surface area contributed by atoms with Crippen LogP contribution in [0.25, 0.3) is 10.6 Å². The number of aryl methyl sites for hydroxylation is 1. The lowest BCUT2D eigenvalue weighted by atomic mass is 9.94. The molecule has 1 amide bonds. The summed E-state index contributed by atoms with van der Waals surface area (Å²) in [5.41, 5.74) is -0.559. The first-order chi connectivity index (χ1) is 12.3. The van der Waals surface area contributed by atoms with Gasteiger partial charge in [0.2, 0.25) is 0 Å². The van der Waals surface area contributed by atoms with Gasteiger partial charge in [0, 0.05) is 19.6 Å². The summed E-state index contributed by atoms with van der Waals surface area (Å²) in [6, 6.07) is 4.66. The fourth-order valence-electron chi connectivity index (χ4n) is 3.55. The largest absolute Gasteiger partial charge is 0.433 e. The number of nitrogens with zero attached hydrogens (tertiary/aromatic N) is 3. The third-order valence-corrected chi connectivity index (χ3v) is 5.95. The molecule has 0 spiro atoms. The smallest absolute Gasteiger partial charge is 0.335 e. The van der Waals surface area contributed by atoms with E-state index in [9.17, 15) is 18.0 Å². The first kappa shape index (κ1) is 18.9. The SMILES string of the molecule is CCN(C(=O)c1ccc(-c2cc(C(F)(F)F)n(C)n2)s1)C1CCCCC1. The summed E-state index contributed by atoms with van der Waals surface area (Å²) in [6.07, 6.45) is 1.08. The number of halogens is 3. The van der Waals surface area contributed by atoms with Gasteiger partial charge in [-0.25, -0.2) is 0 Å². The van der Waals surface area contributed by atoms with Gasteiger partial charge in [-0.05, 0) is 38.0 Å². The average Bonchev–Trinajstić information content (AvgIpc) is 3.22. The molecule has 0 aliphatic heterocycles. The summed E-state index contributed by atoms with van der Waals surface area (Å²) in [5.74, 6) is -0.0392. The van der Waals surface area contributed by atoms with Crippen LogP contribution >= 0.6 is 11.3 Å². The van der Waals surface area contributed by atoms with E-state index < -0.39 is 11.9 Å². The van der Waals surface area contributed by atoms with Gasteiger partial charge in [0.15, 0.2) is 0 Å². The van der Waals surface area contributed by atoms with Gasteiger partial charge in [0.1, 0.15) is 11.4 Å². The maximum absolute atomic E-state index is 13.0. The highest BCUT2D eigenvalue weighted by Gasteiger charge is 2.35. The lowest BCUT2D eigenvalue weighted by Crippen LogP contribution is -2.40. The van der Waals surface area contributed by atoms with Crippen LogP contribution < -0.4 is 0 Å². The standard InChI is InChI=1S/C18H22F3N3OS/c1-3-24(12-7-5-4-6-8-12)17(25)15-10-9-14(26-15)13-11-16(18(19,20)21)23(2)22-13/h9-12H,3-8H2,1-2H3. The Morgan fingerprint density at radius 2 is 2.00 bits per heavy atom. The molecule has 1 aliphatic carbocycles. The number of carbonyl (C=O) groups excluding carboxylic acids is 1. The Balaban J connectivity index is 1.82. The molecule has 3 rings (SSSR count). The van der Waals surface area contributed by atoms with Crippen molar-refractivity contribution in [3.8, 4) is 10.6 Å². The molecule has 8 heteroatoms. The zero-order valence-corrected chi connectivity index (χ0v) is 15.7. The summed E-state index contributed by atoms with van der Waals surface area (Å²) in [5, 5.41) is 3.96. The van der Waals surface area contributed by atoms with Crippen molar-refractivity contribution in [2.45, 2.75) is 51.2 Å². The normalized spacial score (nSPS) is 16.0. The van der Waals surface area contributed by atoms with E-state index in [0.29, 0.717) is 16.3 Å². The summed E-state index contributed by atoms with van der Waals surface area (Å²) in [6.45, 7) is 2.61. The minimum absolute atomic E-state index is 0.0392. The highest BCUT2D eigenvalue weighted by molar-refractivity contribution is 7.17. The molecule has 0 atom stereocenters. The summed E-state index contributed by atoms with van der Waals surface area (Å²) >= 11 is 1.20. The molecule has 0 N–H and O–H groups in total. The number of hydrogen-bond acceptors (Lipinski definition) is 3. The van der Waals surface area contributed by atoms with Gasteiger partial charge in [-0.15, -0.1) is 11.3 Å². The summed E-state index contributed by atoms with van der Waals surface area (Å²) in [7, 11) is 1.27.